The maximum atomic E-state index is 12.5. The molecule has 0 fully saturated rings. The summed E-state index contributed by atoms with van der Waals surface area (Å²) in [5.74, 6) is 0.0740. The smallest absolute Gasteiger partial charge is 0.229 e. The quantitative estimate of drug-likeness (QED) is 0.724. The molecule has 0 saturated carbocycles. The molecule has 0 spiro atoms. The number of carbonyl (C=O) groups excluding carboxylic acids is 1. The first-order valence-corrected chi connectivity index (χ1v) is 7.79. The Hall–Kier alpha value is -2.14. The molecule has 3 rings (SSSR count). The second-order valence-corrected chi connectivity index (χ2v) is 5.82. The van der Waals surface area contributed by atoms with Crippen LogP contribution in [0.25, 0.3) is 11.0 Å². The van der Waals surface area contributed by atoms with Gasteiger partial charge in [0.25, 0.3) is 0 Å². The minimum absolute atomic E-state index is 0.0740. The van der Waals surface area contributed by atoms with Crippen LogP contribution in [0.1, 0.15) is 17.5 Å². The van der Waals surface area contributed by atoms with E-state index in [-0.39, 0.29) is 12.3 Å². The van der Waals surface area contributed by atoms with E-state index in [4.69, 9.17) is 4.52 Å². The fraction of sp³-hybridized carbons (Fsp3) is 0.250. The SMILES string of the molecule is CCN(Cc1cccs1)C(=O)Cc1noc2ccccc12. The van der Waals surface area contributed by atoms with Crippen LogP contribution in [0.3, 0.4) is 0 Å². The summed E-state index contributed by atoms with van der Waals surface area (Å²) in [6.07, 6.45) is 0.274. The van der Waals surface area contributed by atoms with Gasteiger partial charge in [0.15, 0.2) is 5.58 Å². The third kappa shape index (κ3) is 2.97. The molecule has 0 atom stereocenters. The fourth-order valence-corrected chi connectivity index (χ4v) is 3.01. The molecule has 108 valence electrons. The third-order valence-corrected chi connectivity index (χ3v) is 4.29. The number of fused-ring (bicyclic) bond motifs is 1. The Bertz CT molecular complexity index is 734. The van der Waals surface area contributed by atoms with Gasteiger partial charge in [0.2, 0.25) is 5.91 Å². The maximum Gasteiger partial charge on any atom is 0.229 e. The molecule has 0 radical (unpaired) electrons. The molecule has 1 aromatic carbocycles. The number of carbonyl (C=O) groups is 1. The minimum Gasteiger partial charge on any atom is -0.356 e. The summed E-state index contributed by atoms with van der Waals surface area (Å²) < 4.78 is 5.25. The van der Waals surface area contributed by atoms with E-state index in [1.54, 1.807) is 11.3 Å². The number of nitrogens with zero attached hydrogens (tertiary/aromatic N) is 2. The number of thiophene rings is 1. The monoisotopic (exact) mass is 300 g/mol. The third-order valence-electron chi connectivity index (χ3n) is 3.43. The highest BCUT2D eigenvalue weighted by Gasteiger charge is 2.17. The first kappa shape index (κ1) is 13.8. The Balaban J connectivity index is 1.75. The summed E-state index contributed by atoms with van der Waals surface area (Å²) >= 11 is 1.67. The summed E-state index contributed by atoms with van der Waals surface area (Å²) in [6, 6.07) is 11.7. The second kappa shape index (κ2) is 6.10. The van der Waals surface area contributed by atoms with Crippen molar-refractivity contribution in [1.29, 1.82) is 0 Å². The topological polar surface area (TPSA) is 46.3 Å². The molecule has 0 N–H and O–H groups in total. The van der Waals surface area contributed by atoms with E-state index >= 15 is 0 Å². The number of amides is 1. The van der Waals surface area contributed by atoms with Gasteiger partial charge in [0.1, 0.15) is 5.69 Å². The Morgan fingerprint density at radius 1 is 1.29 bits per heavy atom. The normalized spacial score (nSPS) is 10.9. The zero-order valence-corrected chi connectivity index (χ0v) is 12.6. The van der Waals surface area contributed by atoms with Crippen LogP contribution in [-0.2, 0) is 17.8 Å². The number of hydrogen-bond acceptors (Lipinski definition) is 4. The van der Waals surface area contributed by atoms with E-state index in [1.165, 1.54) is 4.88 Å². The van der Waals surface area contributed by atoms with Crippen molar-refractivity contribution in [3.63, 3.8) is 0 Å². The van der Waals surface area contributed by atoms with Crippen LogP contribution in [0.15, 0.2) is 46.3 Å². The Morgan fingerprint density at radius 2 is 2.14 bits per heavy atom. The lowest BCUT2D eigenvalue weighted by atomic mass is 10.1. The summed E-state index contributed by atoms with van der Waals surface area (Å²) in [5.41, 5.74) is 1.43. The lowest BCUT2D eigenvalue weighted by Crippen LogP contribution is -2.31. The zero-order valence-electron chi connectivity index (χ0n) is 11.8. The zero-order chi connectivity index (χ0) is 14.7. The van der Waals surface area contributed by atoms with Gasteiger partial charge in [-0.05, 0) is 30.5 Å². The Labute approximate surface area is 127 Å². The number of benzene rings is 1. The van der Waals surface area contributed by atoms with E-state index in [0.717, 1.165) is 11.0 Å². The maximum absolute atomic E-state index is 12.5. The van der Waals surface area contributed by atoms with Crippen molar-refractivity contribution in [2.45, 2.75) is 19.9 Å². The van der Waals surface area contributed by atoms with Gasteiger partial charge in [-0.3, -0.25) is 4.79 Å². The highest BCUT2D eigenvalue weighted by atomic mass is 32.1. The molecule has 0 saturated heterocycles. The average Bonchev–Trinajstić information content (AvgIpc) is 3.15. The van der Waals surface area contributed by atoms with Crippen molar-refractivity contribution >= 4 is 28.2 Å². The number of para-hydroxylation sites is 1. The van der Waals surface area contributed by atoms with Crippen molar-refractivity contribution in [3.8, 4) is 0 Å². The van der Waals surface area contributed by atoms with E-state index in [0.29, 0.717) is 18.8 Å². The summed E-state index contributed by atoms with van der Waals surface area (Å²) in [6.45, 7) is 3.34. The van der Waals surface area contributed by atoms with Crippen molar-refractivity contribution < 1.29 is 9.32 Å². The van der Waals surface area contributed by atoms with Gasteiger partial charge < -0.3 is 9.42 Å². The minimum atomic E-state index is 0.0740. The molecular weight excluding hydrogens is 284 g/mol. The molecule has 21 heavy (non-hydrogen) atoms. The van der Waals surface area contributed by atoms with Crippen LogP contribution in [0.2, 0.25) is 0 Å². The van der Waals surface area contributed by atoms with Gasteiger partial charge in [0.05, 0.1) is 13.0 Å². The second-order valence-electron chi connectivity index (χ2n) is 4.79. The first-order valence-electron chi connectivity index (χ1n) is 6.91. The first-order chi connectivity index (χ1) is 10.3. The molecule has 1 amide bonds. The van der Waals surface area contributed by atoms with Crippen molar-refractivity contribution in [2.24, 2.45) is 0 Å². The molecular formula is C16H16N2O2S. The molecule has 4 nitrogen and oxygen atoms in total. The Kier molecular flexibility index (Phi) is 4.01. The van der Waals surface area contributed by atoms with Crippen LogP contribution >= 0.6 is 11.3 Å². The van der Waals surface area contributed by atoms with Gasteiger partial charge in [-0.1, -0.05) is 23.4 Å². The summed E-state index contributed by atoms with van der Waals surface area (Å²) in [7, 11) is 0. The highest BCUT2D eigenvalue weighted by Crippen LogP contribution is 2.19. The number of hydrogen-bond donors (Lipinski definition) is 0. The van der Waals surface area contributed by atoms with Crippen LogP contribution in [0.4, 0.5) is 0 Å². The van der Waals surface area contributed by atoms with Crippen LogP contribution in [0, 0.1) is 0 Å². The van der Waals surface area contributed by atoms with Crippen molar-refractivity contribution in [1.82, 2.24) is 10.1 Å². The predicted octanol–water partition coefficient (Wildman–Crippen LogP) is 3.48. The molecule has 0 aliphatic heterocycles. The molecule has 0 unspecified atom stereocenters. The largest absolute Gasteiger partial charge is 0.356 e. The van der Waals surface area contributed by atoms with E-state index in [2.05, 4.69) is 5.16 Å². The lowest BCUT2D eigenvalue weighted by Gasteiger charge is -2.19. The Morgan fingerprint density at radius 3 is 2.90 bits per heavy atom. The van der Waals surface area contributed by atoms with Crippen molar-refractivity contribution in [2.75, 3.05) is 6.54 Å². The molecule has 0 aliphatic carbocycles. The molecule has 3 aromatic rings. The summed E-state index contributed by atoms with van der Waals surface area (Å²) in [4.78, 5) is 15.5. The predicted molar refractivity (Wildman–Crippen MR) is 83.1 cm³/mol. The van der Waals surface area contributed by atoms with Crippen LogP contribution < -0.4 is 0 Å². The molecule has 0 bridgehead atoms. The van der Waals surface area contributed by atoms with Crippen LogP contribution in [0.5, 0.6) is 0 Å². The van der Waals surface area contributed by atoms with E-state index in [9.17, 15) is 4.79 Å². The van der Waals surface area contributed by atoms with Gasteiger partial charge in [-0.25, -0.2) is 0 Å². The fourth-order valence-electron chi connectivity index (χ4n) is 2.29. The molecule has 2 aromatic heterocycles. The molecule has 2 heterocycles. The van der Waals surface area contributed by atoms with Crippen LogP contribution in [-0.4, -0.2) is 22.5 Å². The summed E-state index contributed by atoms with van der Waals surface area (Å²) in [5, 5.41) is 6.97. The standard InChI is InChI=1S/C16H16N2O2S/c1-2-18(11-12-6-5-9-21-12)16(19)10-14-13-7-3-4-8-15(13)20-17-14/h3-9H,2,10-11H2,1H3. The molecule has 0 aliphatic rings. The lowest BCUT2D eigenvalue weighted by molar-refractivity contribution is -0.130. The highest BCUT2D eigenvalue weighted by molar-refractivity contribution is 7.09. The van der Waals surface area contributed by atoms with Gasteiger partial charge in [-0.15, -0.1) is 11.3 Å². The van der Waals surface area contributed by atoms with Gasteiger partial charge >= 0.3 is 0 Å². The van der Waals surface area contributed by atoms with Gasteiger partial charge in [-0.2, -0.15) is 0 Å². The molecule has 5 heteroatoms. The average molecular weight is 300 g/mol. The van der Waals surface area contributed by atoms with Crippen molar-refractivity contribution in [3.05, 3.63) is 52.3 Å². The van der Waals surface area contributed by atoms with Gasteiger partial charge in [0, 0.05) is 16.8 Å². The number of rotatable bonds is 5. The number of aromatic nitrogens is 1. The van der Waals surface area contributed by atoms with E-state index in [1.807, 2.05) is 53.6 Å². The number of likely N-dealkylation sites (N-methyl/N-ethyl adjacent to an activating group) is 1. The van der Waals surface area contributed by atoms with E-state index < -0.39 is 0 Å².